The molecule has 2 saturated carbocycles. The van der Waals surface area contributed by atoms with Gasteiger partial charge in [0, 0.05) is 12.1 Å². The molecule has 0 bridgehead atoms. The Balaban J connectivity index is 1.41. The Morgan fingerprint density at radius 2 is 2.00 bits per heavy atom. The van der Waals surface area contributed by atoms with Crippen molar-refractivity contribution in [1.29, 1.82) is 0 Å². The summed E-state index contributed by atoms with van der Waals surface area (Å²) in [6.07, 6.45) is 16.3. The van der Waals surface area contributed by atoms with E-state index in [4.69, 9.17) is 0 Å². The molecule has 1 N–H and O–H groups in total. The number of nitrogens with one attached hydrogen (secondary N) is 1. The third-order valence-electron chi connectivity index (χ3n) is 5.36. The van der Waals surface area contributed by atoms with Gasteiger partial charge in [-0.1, -0.05) is 31.9 Å². The van der Waals surface area contributed by atoms with Crippen LogP contribution in [0.3, 0.4) is 0 Å². The molecule has 0 amide bonds. The zero-order valence-corrected chi connectivity index (χ0v) is 11.2. The molecule has 0 aromatic rings. The Morgan fingerprint density at radius 3 is 2.71 bits per heavy atom. The van der Waals surface area contributed by atoms with E-state index in [1.54, 1.807) is 0 Å². The zero-order chi connectivity index (χ0) is 11.7. The minimum atomic E-state index is 0.825. The first-order valence-corrected chi connectivity index (χ1v) is 7.79. The minimum absolute atomic E-state index is 0.825. The van der Waals surface area contributed by atoms with Gasteiger partial charge in [-0.3, -0.25) is 0 Å². The van der Waals surface area contributed by atoms with Gasteiger partial charge >= 0.3 is 0 Å². The Hall–Kier alpha value is -0.300. The molecular weight excluding hydrogens is 206 g/mol. The summed E-state index contributed by atoms with van der Waals surface area (Å²) in [6, 6.07) is 1.66. The second-order valence-electron chi connectivity index (χ2n) is 6.52. The van der Waals surface area contributed by atoms with E-state index < -0.39 is 0 Å². The van der Waals surface area contributed by atoms with Crippen molar-refractivity contribution in [3.8, 4) is 0 Å². The Kier molecular flexibility index (Phi) is 3.56. The van der Waals surface area contributed by atoms with E-state index in [1.807, 2.05) is 0 Å². The average Bonchev–Trinajstić information content (AvgIpc) is 2.70. The summed E-state index contributed by atoms with van der Waals surface area (Å²) in [5.74, 6) is 2.94. The molecule has 3 rings (SSSR count). The predicted molar refractivity (Wildman–Crippen MR) is 72.9 cm³/mol. The summed E-state index contributed by atoms with van der Waals surface area (Å²) in [7, 11) is 0. The van der Waals surface area contributed by atoms with Crippen LogP contribution in [-0.4, -0.2) is 12.1 Å². The van der Waals surface area contributed by atoms with Crippen LogP contribution in [0, 0.1) is 17.8 Å². The molecule has 3 aliphatic rings. The molecule has 17 heavy (non-hydrogen) atoms. The third-order valence-corrected chi connectivity index (χ3v) is 5.36. The molecule has 96 valence electrons. The minimum Gasteiger partial charge on any atom is -0.311 e. The van der Waals surface area contributed by atoms with Crippen LogP contribution in [0.5, 0.6) is 0 Å². The lowest BCUT2D eigenvalue weighted by Crippen LogP contribution is -2.52. The monoisotopic (exact) mass is 233 g/mol. The summed E-state index contributed by atoms with van der Waals surface area (Å²) < 4.78 is 0. The Labute approximate surface area is 106 Å². The molecule has 0 heterocycles. The standard InChI is InChI=1S/C16H27N/c1-2-4-12-7-9-14(10-8-12)17-16-11-13-5-3-6-15(13)16/h3,6,12-17H,2,4-5,7-11H2,1H3. The van der Waals surface area contributed by atoms with Crippen molar-refractivity contribution in [2.45, 2.75) is 70.4 Å². The topological polar surface area (TPSA) is 12.0 Å². The van der Waals surface area contributed by atoms with Crippen molar-refractivity contribution in [2.24, 2.45) is 17.8 Å². The van der Waals surface area contributed by atoms with Gasteiger partial charge in [-0.15, -0.1) is 0 Å². The van der Waals surface area contributed by atoms with Crippen molar-refractivity contribution < 1.29 is 0 Å². The lowest BCUT2D eigenvalue weighted by Gasteiger charge is -2.44. The quantitative estimate of drug-likeness (QED) is 0.726. The van der Waals surface area contributed by atoms with Crippen LogP contribution in [0.25, 0.3) is 0 Å². The Bertz CT molecular complexity index is 275. The van der Waals surface area contributed by atoms with Crippen molar-refractivity contribution in [1.82, 2.24) is 5.32 Å². The van der Waals surface area contributed by atoms with Gasteiger partial charge in [0.1, 0.15) is 0 Å². The van der Waals surface area contributed by atoms with Gasteiger partial charge in [-0.05, 0) is 56.3 Å². The first-order valence-electron chi connectivity index (χ1n) is 7.79. The molecule has 1 nitrogen and oxygen atoms in total. The fourth-order valence-corrected chi connectivity index (χ4v) is 4.24. The molecule has 2 fully saturated rings. The molecule has 3 unspecified atom stereocenters. The van der Waals surface area contributed by atoms with E-state index >= 15 is 0 Å². The number of hydrogen-bond acceptors (Lipinski definition) is 1. The molecule has 3 aliphatic carbocycles. The summed E-state index contributed by atoms with van der Waals surface area (Å²) in [6.45, 7) is 2.32. The Morgan fingerprint density at radius 1 is 1.18 bits per heavy atom. The molecule has 0 aromatic heterocycles. The van der Waals surface area contributed by atoms with Gasteiger partial charge in [0.2, 0.25) is 0 Å². The highest BCUT2D eigenvalue weighted by Crippen LogP contribution is 2.43. The second kappa shape index (κ2) is 5.14. The fraction of sp³-hybridized carbons (Fsp3) is 0.875. The van der Waals surface area contributed by atoms with Crippen LogP contribution < -0.4 is 5.32 Å². The number of allylic oxidation sites excluding steroid dienone is 1. The van der Waals surface area contributed by atoms with Gasteiger partial charge in [0.15, 0.2) is 0 Å². The molecule has 0 saturated heterocycles. The third kappa shape index (κ3) is 2.45. The first kappa shape index (κ1) is 11.8. The summed E-state index contributed by atoms with van der Waals surface area (Å²) in [4.78, 5) is 0. The lowest BCUT2D eigenvalue weighted by atomic mass is 9.70. The van der Waals surface area contributed by atoms with Crippen LogP contribution in [0.15, 0.2) is 12.2 Å². The van der Waals surface area contributed by atoms with Crippen LogP contribution in [-0.2, 0) is 0 Å². The molecule has 0 aromatic carbocycles. The lowest BCUT2D eigenvalue weighted by molar-refractivity contribution is 0.133. The summed E-state index contributed by atoms with van der Waals surface area (Å²) >= 11 is 0. The fourth-order valence-electron chi connectivity index (χ4n) is 4.24. The van der Waals surface area contributed by atoms with Crippen LogP contribution >= 0.6 is 0 Å². The van der Waals surface area contributed by atoms with Crippen molar-refractivity contribution >= 4 is 0 Å². The SMILES string of the molecule is CCCC1CCC(NC2CC3CC=CC32)CC1. The molecule has 0 aliphatic heterocycles. The van der Waals surface area contributed by atoms with Gasteiger partial charge < -0.3 is 5.32 Å². The van der Waals surface area contributed by atoms with E-state index in [2.05, 4.69) is 24.4 Å². The maximum Gasteiger partial charge on any atom is 0.0138 e. The average molecular weight is 233 g/mol. The number of hydrogen-bond donors (Lipinski definition) is 1. The predicted octanol–water partition coefficient (Wildman–Crippen LogP) is 3.90. The van der Waals surface area contributed by atoms with Gasteiger partial charge in [0.05, 0.1) is 0 Å². The highest BCUT2D eigenvalue weighted by Gasteiger charge is 2.41. The van der Waals surface area contributed by atoms with E-state index in [0.717, 1.165) is 29.8 Å². The van der Waals surface area contributed by atoms with E-state index in [9.17, 15) is 0 Å². The van der Waals surface area contributed by atoms with Crippen LogP contribution in [0.4, 0.5) is 0 Å². The molecular formula is C16H27N. The number of fused-ring (bicyclic) bond motifs is 1. The second-order valence-corrected chi connectivity index (χ2v) is 6.52. The highest BCUT2D eigenvalue weighted by molar-refractivity contribution is 5.13. The van der Waals surface area contributed by atoms with E-state index in [1.165, 1.54) is 51.4 Å². The highest BCUT2D eigenvalue weighted by atomic mass is 15.0. The van der Waals surface area contributed by atoms with Crippen molar-refractivity contribution in [3.63, 3.8) is 0 Å². The maximum atomic E-state index is 3.94. The molecule has 1 heteroatoms. The van der Waals surface area contributed by atoms with Crippen molar-refractivity contribution in [3.05, 3.63) is 12.2 Å². The number of rotatable bonds is 4. The smallest absolute Gasteiger partial charge is 0.0138 e. The van der Waals surface area contributed by atoms with Gasteiger partial charge in [0.25, 0.3) is 0 Å². The molecule has 0 radical (unpaired) electrons. The van der Waals surface area contributed by atoms with Crippen molar-refractivity contribution in [2.75, 3.05) is 0 Å². The van der Waals surface area contributed by atoms with Crippen LogP contribution in [0.2, 0.25) is 0 Å². The van der Waals surface area contributed by atoms with Crippen LogP contribution in [0.1, 0.15) is 58.3 Å². The summed E-state index contributed by atoms with van der Waals surface area (Å²) in [5.41, 5.74) is 0. The van der Waals surface area contributed by atoms with E-state index in [0.29, 0.717) is 0 Å². The maximum absolute atomic E-state index is 3.94. The zero-order valence-electron chi connectivity index (χ0n) is 11.2. The van der Waals surface area contributed by atoms with E-state index in [-0.39, 0.29) is 0 Å². The normalized spacial score (nSPS) is 44.4. The summed E-state index contributed by atoms with van der Waals surface area (Å²) in [5, 5.41) is 3.94. The van der Waals surface area contributed by atoms with Gasteiger partial charge in [-0.25, -0.2) is 0 Å². The largest absolute Gasteiger partial charge is 0.311 e. The molecule has 3 atom stereocenters. The van der Waals surface area contributed by atoms with Gasteiger partial charge in [-0.2, -0.15) is 0 Å². The first-order chi connectivity index (χ1) is 8.36. The molecule has 0 spiro atoms.